The standard InChI is InChI=1S/C11H18N2O3/c1-2-16-12-10(14)9-4-3-7-13(9)11(15)8-5-6-8/h8-9H,2-7H2,1H3,(H,12,14). The minimum absolute atomic E-state index is 0.147. The van der Waals surface area contributed by atoms with E-state index < -0.39 is 0 Å². The lowest BCUT2D eigenvalue weighted by molar-refractivity contribution is -0.145. The third-order valence-electron chi connectivity index (χ3n) is 3.08. The molecule has 1 saturated heterocycles. The summed E-state index contributed by atoms with van der Waals surface area (Å²) < 4.78 is 0. The van der Waals surface area contributed by atoms with Crippen LogP contribution in [0.25, 0.3) is 0 Å². The number of carbonyl (C=O) groups is 2. The van der Waals surface area contributed by atoms with E-state index in [1.165, 1.54) is 0 Å². The van der Waals surface area contributed by atoms with Crippen molar-refractivity contribution in [3.8, 4) is 0 Å². The van der Waals surface area contributed by atoms with Crippen LogP contribution in [-0.4, -0.2) is 35.9 Å². The maximum Gasteiger partial charge on any atom is 0.266 e. The van der Waals surface area contributed by atoms with Gasteiger partial charge in [-0.05, 0) is 32.6 Å². The number of likely N-dealkylation sites (tertiary alicyclic amines) is 1. The Labute approximate surface area is 95.1 Å². The summed E-state index contributed by atoms with van der Waals surface area (Å²) in [6, 6.07) is -0.320. The van der Waals surface area contributed by atoms with E-state index in [1.54, 1.807) is 4.90 Å². The molecule has 1 heterocycles. The summed E-state index contributed by atoms with van der Waals surface area (Å²) in [6.07, 6.45) is 3.62. The summed E-state index contributed by atoms with van der Waals surface area (Å²) in [6.45, 7) is 2.95. The zero-order valence-electron chi connectivity index (χ0n) is 9.57. The molecule has 0 radical (unpaired) electrons. The highest BCUT2D eigenvalue weighted by Gasteiger charge is 2.40. The topological polar surface area (TPSA) is 58.6 Å². The number of nitrogens with one attached hydrogen (secondary N) is 1. The highest BCUT2D eigenvalue weighted by Crippen LogP contribution is 2.33. The van der Waals surface area contributed by atoms with Crippen LogP contribution < -0.4 is 5.48 Å². The Morgan fingerprint density at radius 1 is 1.38 bits per heavy atom. The minimum atomic E-state index is -0.320. The monoisotopic (exact) mass is 226 g/mol. The van der Waals surface area contributed by atoms with Crippen molar-refractivity contribution in [1.82, 2.24) is 10.4 Å². The first kappa shape index (κ1) is 11.4. The van der Waals surface area contributed by atoms with Crippen molar-refractivity contribution in [3.63, 3.8) is 0 Å². The molecule has 0 aromatic heterocycles. The third kappa shape index (κ3) is 2.35. The molecule has 0 aromatic carbocycles. The molecule has 1 aliphatic heterocycles. The van der Waals surface area contributed by atoms with Gasteiger partial charge in [-0.3, -0.25) is 14.4 Å². The van der Waals surface area contributed by atoms with Gasteiger partial charge in [-0.1, -0.05) is 0 Å². The number of nitrogens with zero attached hydrogens (tertiary/aromatic N) is 1. The summed E-state index contributed by atoms with van der Waals surface area (Å²) in [5, 5.41) is 0. The summed E-state index contributed by atoms with van der Waals surface area (Å²) in [4.78, 5) is 30.2. The zero-order chi connectivity index (χ0) is 11.5. The molecule has 2 rings (SSSR count). The average Bonchev–Trinajstić information content (AvgIpc) is 3.02. The van der Waals surface area contributed by atoms with Gasteiger partial charge in [0.25, 0.3) is 5.91 Å². The van der Waals surface area contributed by atoms with Crippen LogP contribution in [0.1, 0.15) is 32.6 Å². The number of rotatable bonds is 4. The van der Waals surface area contributed by atoms with Crippen LogP contribution in [0.15, 0.2) is 0 Å². The number of hydrogen-bond acceptors (Lipinski definition) is 3. The Hall–Kier alpha value is -1.10. The lowest BCUT2D eigenvalue weighted by Crippen LogP contribution is -2.46. The lowest BCUT2D eigenvalue weighted by atomic mass is 10.2. The summed E-state index contributed by atoms with van der Waals surface area (Å²) in [7, 11) is 0. The first-order chi connectivity index (χ1) is 7.74. The van der Waals surface area contributed by atoms with Crippen molar-refractivity contribution in [3.05, 3.63) is 0 Å². The second-order valence-electron chi connectivity index (χ2n) is 4.36. The molecule has 90 valence electrons. The molecule has 0 aromatic rings. The first-order valence-electron chi connectivity index (χ1n) is 5.96. The molecule has 1 N–H and O–H groups in total. The van der Waals surface area contributed by atoms with E-state index in [4.69, 9.17) is 4.84 Å². The van der Waals surface area contributed by atoms with Crippen LogP contribution in [0.4, 0.5) is 0 Å². The van der Waals surface area contributed by atoms with E-state index in [9.17, 15) is 9.59 Å². The van der Waals surface area contributed by atoms with Crippen LogP contribution >= 0.6 is 0 Å². The quantitative estimate of drug-likeness (QED) is 0.708. The fourth-order valence-corrected chi connectivity index (χ4v) is 2.08. The van der Waals surface area contributed by atoms with Gasteiger partial charge in [-0.15, -0.1) is 0 Å². The van der Waals surface area contributed by atoms with E-state index in [0.717, 1.165) is 25.7 Å². The Bertz CT molecular complexity index is 289. The predicted octanol–water partition coefficient (Wildman–Crippen LogP) is 0.455. The maximum absolute atomic E-state index is 11.9. The number of amides is 2. The highest BCUT2D eigenvalue weighted by molar-refractivity contribution is 5.89. The summed E-state index contributed by atoms with van der Waals surface area (Å²) >= 11 is 0. The molecule has 5 nitrogen and oxygen atoms in total. The lowest BCUT2D eigenvalue weighted by Gasteiger charge is -2.23. The third-order valence-corrected chi connectivity index (χ3v) is 3.08. The van der Waals surface area contributed by atoms with Crippen molar-refractivity contribution in [2.75, 3.05) is 13.2 Å². The Morgan fingerprint density at radius 2 is 2.12 bits per heavy atom. The van der Waals surface area contributed by atoms with Gasteiger partial charge in [0.1, 0.15) is 6.04 Å². The average molecular weight is 226 g/mol. The van der Waals surface area contributed by atoms with Crippen LogP contribution in [-0.2, 0) is 14.4 Å². The molecule has 1 atom stereocenters. The smallest absolute Gasteiger partial charge is 0.266 e. The van der Waals surface area contributed by atoms with Crippen molar-refractivity contribution in [2.45, 2.75) is 38.6 Å². The van der Waals surface area contributed by atoms with E-state index in [0.29, 0.717) is 13.2 Å². The van der Waals surface area contributed by atoms with E-state index in [1.807, 2.05) is 6.92 Å². The van der Waals surface area contributed by atoms with E-state index in [-0.39, 0.29) is 23.8 Å². The molecule has 5 heteroatoms. The SMILES string of the molecule is CCONC(=O)C1CCCN1C(=O)C1CC1. The Kier molecular flexibility index (Phi) is 3.43. The summed E-state index contributed by atoms with van der Waals surface area (Å²) in [5.41, 5.74) is 2.39. The fraction of sp³-hybridized carbons (Fsp3) is 0.818. The van der Waals surface area contributed by atoms with Crippen molar-refractivity contribution in [2.24, 2.45) is 5.92 Å². The predicted molar refractivity (Wildman–Crippen MR) is 57.2 cm³/mol. The Morgan fingerprint density at radius 3 is 2.75 bits per heavy atom. The second kappa shape index (κ2) is 4.82. The van der Waals surface area contributed by atoms with Gasteiger partial charge in [0.05, 0.1) is 6.61 Å². The van der Waals surface area contributed by atoms with Gasteiger partial charge in [0, 0.05) is 12.5 Å². The normalized spacial score (nSPS) is 24.6. The second-order valence-corrected chi connectivity index (χ2v) is 4.36. The molecule has 2 fully saturated rings. The molecule has 1 aliphatic carbocycles. The van der Waals surface area contributed by atoms with Gasteiger partial charge < -0.3 is 4.90 Å². The molecule has 0 spiro atoms. The molecule has 1 unspecified atom stereocenters. The Balaban J connectivity index is 1.91. The van der Waals surface area contributed by atoms with E-state index in [2.05, 4.69) is 5.48 Å². The van der Waals surface area contributed by atoms with Crippen LogP contribution in [0.3, 0.4) is 0 Å². The zero-order valence-corrected chi connectivity index (χ0v) is 9.57. The molecule has 0 bridgehead atoms. The molecular weight excluding hydrogens is 208 g/mol. The number of hydrogen-bond donors (Lipinski definition) is 1. The largest absolute Gasteiger partial charge is 0.330 e. The van der Waals surface area contributed by atoms with Crippen LogP contribution in [0.5, 0.6) is 0 Å². The first-order valence-corrected chi connectivity index (χ1v) is 5.96. The van der Waals surface area contributed by atoms with Gasteiger partial charge in [-0.25, -0.2) is 5.48 Å². The summed E-state index contributed by atoms with van der Waals surface area (Å²) in [5.74, 6) is 0.142. The van der Waals surface area contributed by atoms with Gasteiger partial charge in [-0.2, -0.15) is 0 Å². The van der Waals surface area contributed by atoms with E-state index >= 15 is 0 Å². The highest BCUT2D eigenvalue weighted by atomic mass is 16.6. The van der Waals surface area contributed by atoms with Crippen molar-refractivity contribution >= 4 is 11.8 Å². The number of carbonyl (C=O) groups excluding carboxylic acids is 2. The van der Waals surface area contributed by atoms with Crippen molar-refractivity contribution in [1.29, 1.82) is 0 Å². The van der Waals surface area contributed by atoms with Crippen LogP contribution in [0.2, 0.25) is 0 Å². The van der Waals surface area contributed by atoms with Gasteiger partial charge in [0.15, 0.2) is 0 Å². The van der Waals surface area contributed by atoms with Crippen molar-refractivity contribution < 1.29 is 14.4 Å². The molecule has 1 saturated carbocycles. The van der Waals surface area contributed by atoms with Gasteiger partial charge >= 0.3 is 0 Å². The fourth-order valence-electron chi connectivity index (χ4n) is 2.08. The maximum atomic E-state index is 11.9. The molecule has 2 amide bonds. The molecular formula is C11H18N2O3. The van der Waals surface area contributed by atoms with Gasteiger partial charge in [0.2, 0.25) is 5.91 Å². The number of hydroxylamine groups is 1. The minimum Gasteiger partial charge on any atom is -0.330 e. The van der Waals surface area contributed by atoms with Crippen LogP contribution in [0, 0.1) is 5.92 Å². The molecule has 16 heavy (non-hydrogen) atoms. The molecule has 2 aliphatic rings.